The Kier molecular flexibility index (Phi) is 4.76. The Bertz CT molecular complexity index is 600. The molecular formula is C18H22N2O. The topological polar surface area (TPSA) is 55.1 Å². The SMILES string of the molecule is CC(C)(N)CNC(=O)c1ccccc1Cc1ccccc1. The number of carbonyl (C=O) groups is 1. The molecule has 0 aliphatic heterocycles. The normalized spacial score (nSPS) is 11.2. The Balaban J connectivity index is 2.15. The number of carbonyl (C=O) groups excluding carboxylic acids is 1. The molecule has 0 atom stereocenters. The maximum Gasteiger partial charge on any atom is 0.251 e. The van der Waals surface area contributed by atoms with Crippen molar-refractivity contribution in [2.45, 2.75) is 25.8 Å². The third-order valence-corrected chi connectivity index (χ3v) is 3.20. The quantitative estimate of drug-likeness (QED) is 0.886. The van der Waals surface area contributed by atoms with Gasteiger partial charge in [0.05, 0.1) is 0 Å². The molecule has 3 heteroatoms. The van der Waals surface area contributed by atoms with Crippen molar-refractivity contribution in [2.75, 3.05) is 6.54 Å². The molecule has 0 saturated carbocycles. The van der Waals surface area contributed by atoms with Gasteiger partial charge in [0.1, 0.15) is 0 Å². The van der Waals surface area contributed by atoms with Gasteiger partial charge < -0.3 is 11.1 Å². The van der Waals surface area contributed by atoms with E-state index >= 15 is 0 Å². The van der Waals surface area contributed by atoms with Crippen LogP contribution in [-0.4, -0.2) is 18.0 Å². The van der Waals surface area contributed by atoms with Crippen LogP contribution in [0.15, 0.2) is 54.6 Å². The van der Waals surface area contributed by atoms with Crippen LogP contribution in [0.3, 0.4) is 0 Å². The summed E-state index contributed by atoms with van der Waals surface area (Å²) < 4.78 is 0. The van der Waals surface area contributed by atoms with Crippen molar-refractivity contribution in [2.24, 2.45) is 5.73 Å². The zero-order valence-corrected chi connectivity index (χ0v) is 12.6. The standard InChI is InChI=1S/C18H22N2O/c1-18(2,19)13-20-17(21)16-11-7-6-10-15(16)12-14-8-4-3-5-9-14/h3-11H,12-13,19H2,1-2H3,(H,20,21). The maximum atomic E-state index is 12.3. The molecule has 0 fully saturated rings. The predicted octanol–water partition coefficient (Wildman–Crippen LogP) is 2.74. The lowest BCUT2D eigenvalue weighted by Crippen LogP contribution is -2.45. The highest BCUT2D eigenvalue weighted by Crippen LogP contribution is 2.14. The lowest BCUT2D eigenvalue weighted by atomic mass is 9.99. The van der Waals surface area contributed by atoms with E-state index in [0.717, 1.165) is 12.0 Å². The maximum absolute atomic E-state index is 12.3. The van der Waals surface area contributed by atoms with Gasteiger partial charge >= 0.3 is 0 Å². The number of hydrogen-bond acceptors (Lipinski definition) is 2. The van der Waals surface area contributed by atoms with E-state index in [0.29, 0.717) is 12.1 Å². The number of rotatable bonds is 5. The highest BCUT2D eigenvalue weighted by atomic mass is 16.1. The second-order valence-electron chi connectivity index (χ2n) is 5.99. The van der Waals surface area contributed by atoms with Gasteiger partial charge in [-0.05, 0) is 37.5 Å². The van der Waals surface area contributed by atoms with E-state index in [4.69, 9.17) is 5.73 Å². The number of nitrogens with one attached hydrogen (secondary N) is 1. The van der Waals surface area contributed by atoms with Crippen LogP contribution in [0.1, 0.15) is 35.3 Å². The molecule has 21 heavy (non-hydrogen) atoms. The molecule has 2 aromatic carbocycles. The molecule has 0 aliphatic rings. The number of benzene rings is 2. The summed E-state index contributed by atoms with van der Waals surface area (Å²) in [6.45, 7) is 4.23. The van der Waals surface area contributed by atoms with Crippen molar-refractivity contribution in [1.29, 1.82) is 0 Å². The first-order valence-electron chi connectivity index (χ1n) is 7.15. The van der Waals surface area contributed by atoms with Gasteiger partial charge in [0.15, 0.2) is 0 Å². The van der Waals surface area contributed by atoms with Gasteiger partial charge in [-0.25, -0.2) is 0 Å². The lowest BCUT2D eigenvalue weighted by Gasteiger charge is -2.19. The van der Waals surface area contributed by atoms with Crippen LogP contribution in [0.4, 0.5) is 0 Å². The minimum atomic E-state index is -0.413. The minimum Gasteiger partial charge on any atom is -0.350 e. The first kappa shape index (κ1) is 15.3. The molecule has 2 aromatic rings. The van der Waals surface area contributed by atoms with Crippen LogP contribution in [0.5, 0.6) is 0 Å². The van der Waals surface area contributed by atoms with Gasteiger partial charge in [0.2, 0.25) is 0 Å². The van der Waals surface area contributed by atoms with Crippen LogP contribution < -0.4 is 11.1 Å². The molecular weight excluding hydrogens is 260 g/mol. The molecule has 0 saturated heterocycles. The second kappa shape index (κ2) is 6.55. The molecule has 0 radical (unpaired) electrons. The molecule has 110 valence electrons. The summed E-state index contributed by atoms with van der Waals surface area (Å²) in [5, 5.41) is 2.90. The number of nitrogens with two attached hydrogens (primary N) is 1. The number of hydrogen-bond donors (Lipinski definition) is 2. The largest absolute Gasteiger partial charge is 0.350 e. The minimum absolute atomic E-state index is 0.0694. The van der Waals surface area contributed by atoms with E-state index in [-0.39, 0.29) is 5.91 Å². The lowest BCUT2D eigenvalue weighted by molar-refractivity contribution is 0.0945. The van der Waals surface area contributed by atoms with E-state index in [2.05, 4.69) is 17.4 Å². The van der Waals surface area contributed by atoms with E-state index in [9.17, 15) is 4.79 Å². The summed E-state index contributed by atoms with van der Waals surface area (Å²) in [5.41, 5.74) is 8.43. The summed E-state index contributed by atoms with van der Waals surface area (Å²) in [4.78, 5) is 12.3. The summed E-state index contributed by atoms with van der Waals surface area (Å²) >= 11 is 0. The summed E-state index contributed by atoms with van der Waals surface area (Å²) in [6, 6.07) is 17.8. The second-order valence-corrected chi connectivity index (χ2v) is 5.99. The first-order valence-corrected chi connectivity index (χ1v) is 7.15. The zero-order chi connectivity index (χ0) is 15.3. The van der Waals surface area contributed by atoms with E-state index in [1.54, 1.807) is 0 Å². The fraction of sp³-hybridized carbons (Fsp3) is 0.278. The third-order valence-electron chi connectivity index (χ3n) is 3.20. The van der Waals surface area contributed by atoms with Crippen LogP contribution in [0, 0.1) is 0 Å². The molecule has 0 bridgehead atoms. The zero-order valence-electron chi connectivity index (χ0n) is 12.6. The van der Waals surface area contributed by atoms with Gasteiger partial charge in [0.25, 0.3) is 5.91 Å². The van der Waals surface area contributed by atoms with Crippen LogP contribution >= 0.6 is 0 Å². The van der Waals surface area contributed by atoms with Crippen LogP contribution in [0.25, 0.3) is 0 Å². The number of amides is 1. The first-order chi connectivity index (χ1) is 9.96. The molecule has 1 amide bonds. The monoisotopic (exact) mass is 282 g/mol. The van der Waals surface area contributed by atoms with Crippen molar-refractivity contribution in [3.05, 3.63) is 71.3 Å². The summed E-state index contributed by atoms with van der Waals surface area (Å²) in [6.07, 6.45) is 0.746. The molecule has 3 nitrogen and oxygen atoms in total. The summed E-state index contributed by atoms with van der Waals surface area (Å²) in [7, 11) is 0. The van der Waals surface area contributed by atoms with Crippen LogP contribution in [0.2, 0.25) is 0 Å². The average Bonchev–Trinajstić information content (AvgIpc) is 2.46. The molecule has 0 unspecified atom stereocenters. The fourth-order valence-corrected chi connectivity index (χ4v) is 2.12. The van der Waals surface area contributed by atoms with Gasteiger partial charge in [0, 0.05) is 17.6 Å². The van der Waals surface area contributed by atoms with Crippen LogP contribution in [-0.2, 0) is 6.42 Å². The van der Waals surface area contributed by atoms with E-state index in [1.807, 2.05) is 56.3 Å². The van der Waals surface area contributed by atoms with Crippen molar-refractivity contribution in [3.8, 4) is 0 Å². The van der Waals surface area contributed by atoms with Gasteiger partial charge in [-0.2, -0.15) is 0 Å². The molecule has 2 rings (SSSR count). The Labute approximate surface area is 126 Å². The van der Waals surface area contributed by atoms with Gasteiger partial charge in [-0.3, -0.25) is 4.79 Å². The highest BCUT2D eigenvalue weighted by Gasteiger charge is 2.15. The molecule has 0 aromatic heterocycles. The van der Waals surface area contributed by atoms with Gasteiger partial charge in [-0.15, -0.1) is 0 Å². The van der Waals surface area contributed by atoms with Crippen molar-refractivity contribution < 1.29 is 4.79 Å². The smallest absolute Gasteiger partial charge is 0.251 e. The van der Waals surface area contributed by atoms with Crippen molar-refractivity contribution >= 4 is 5.91 Å². The Hall–Kier alpha value is -2.13. The molecule has 0 spiro atoms. The van der Waals surface area contributed by atoms with Crippen molar-refractivity contribution in [1.82, 2.24) is 5.32 Å². The molecule has 3 N–H and O–H groups in total. The van der Waals surface area contributed by atoms with E-state index < -0.39 is 5.54 Å². The third kappa shape index (κ3) is 4.72. The fourth-order valence-electron chi connectivity index (χ4n) is 2.12. The summed E-state index contributed by atoms with van der Waals surface area (Å²) in [5.74, 6) is -0.0694. The van der Waals surface area contributed by atoms with Crippen molar-refractivity contribution in [3.63, 3.8) is 0 Å². The molecule has 0 heterocycles. The predicted molar refractivity (Wildman–Crippen MR) is 86.3 cm³/mol. The van der Waals surface area contributed by atoms with E-state index in [1.165, 1.54) is 5.56 Å². The average molecular weight is 282 g/mol. The molecule has 0 aliphatic carbocycles. The Morgan fingerprint density at radius 2 is 1.67 bits per heavy atom. The Morgan fingerprint density at radius 3 is 2.33 bits per heavy atom. The van der Waals surface area contributed by atoms with Gasteiger partial charge in [-0.1, -0.05) is 48.5 Å². The Morgan fingerprint density at radius 1 is 1.05 bits per heavy atom. The highest BCUT2D eigenvalue weighted by molar-refractivity contribution is 5.95.